The predicted octanol–water partition coefficient (Wildman–Crippen LogP) is 3.13. The number of nitrogens with two attached hydrogens (primary N) is 1. The molecule has 4 N–H and O–H groups in total. The molecule has 1 aromatic carbocycles. The van der Waals surface area contributed by atoms with Crippen LogP contribution in [-0.4, -0.2) is 50.6 Å². The Hall–Kier alpha value is -3.46. The van der Waals surface area contributed by atoms with E-state index in [1.807, 2.05) is 44.3 Å². The van der Waals surface area contributed by atoms with Gasteiger partial charge in [0.05, 0.1) is 28.6 Å². The second-order valence-corrected chi connectivity index (χ2v) is 9.44. The summed E-state index contributed by atoms with van der Waals surface area (Å²) in [6.45, 7) is 6.55. The van der Waals surface area contributed by atoms with Crippen LogP contribution in [0.2, 0.25) is 0 Å². The van der Waals surface area contributed by atoms with Gasteiger partial charge in [-0.1, -0.05) is 6.07 Å². The van der Waals surface area contributed by atoms with Crippen molar-refractivity contribution in [3.05, 3.63) is 36.7 Å². The fourth-order valence-corrected chi connectivity index (χ4v) is 4.39. The second kappa shape index (κ2) is 8.47. The molecule has 3 aromatic heterocycles. The lowest BCUT2D eigenvalue weighted by atomic mass is 9.91. The van der Waals surface area contributed by atoms with E-state index in [0.717, 1.165) is 59.1 Å². The first-order valence-corrected chi connectivity index (χ1v) is 11.3. The third-order valence-corrected chi connectivity index (χ3v) is 6.41. The predicted molar refractivity (Wildman–Crippen MR) is 127 cm³/mol. The summed E-state index contributed by atoms with van der Waals surface area (Å²) in [5.41, 5.74) is 9.10. The second-order valence-electron chi connectivity index (χ2n) is 9.44. The number of carbonyl (C=O) groups excluding carboxylic acids is 1. The number of nitrogen functional groups attached to an aromatic ring is 1. The number of benzene rings is 1. The molecule has 0 atom stereocenters. The molecule has 172 valence electrons. The molecule has 1 aliphatic heterocycles. The van der Waals surface area contributed by atoms with Gasteiger partial charge >= 0.3 is 0 Å². The van der Waals surface area contributed by atoms with Crippen LogP contribution in [0, 0.1) is 11.3 Å². The first kappa shape index (κ1) is 21.4. The Balaban J connectivity index is 1.38. The zero-order valence-corrected chi connectivity index (χ0v) is 19.0. The maximum atomic E-state index is 12.9. The molecule has 0 saturated carbocycles. The Morgan fingerprint density at radius 2 is 2.09 bits per heavy atom. The minimum absolute atomic E-state index is 0.0219. The van der Waals surface area contributed by atoms with E-state index in [2.05, 4.69) is 20.5 Å². The zero-order chi connectivity index (χ0) is 23.0. The summed E-state index contributed by atoms with van der Waals surface area (Å²) in [4.78, 5) is 17.5. The molecule has 1 aliphatic rings. The van der Waals surface area contributed by atoms with Crippen LogP contribution in [-0.2, 0) is 16.1 Å². The number of fused-ring (bicyclic) bond motifs is 3. The van der Waals surface area contributed by atoms with Crippen LogP contribution in [0.4, 0.5) is 5.82 Å². The SMILES string of the molecule is CC(C)(Cn1cc2c(N)nc3cc(-c4ccn[nH]4)ccc3c2n1)C(=O)NCC1CCOCC1. The normalized spacial score (nSPS) is 15.3. The summed E-state index contributed by atoms with van der Waals surface area (Å²) >= 11 is 0. The van der Waals surface area contributed by atoms with Gasteiger partial charge in [0.15, 0.2) is 0 Å². The molecule has 0 aliphatic carbocycles. The lowest BCUT2D eigenvalue weighted by Gasteiger charge is -2.27. The quantitative estimate of drug-likeness (QED) is 0.417. The van der Waals surface area contributed by atoms with Gasteiger partial charge in [0.2, 0.25) is 5.91 Å². The Labute approximate surface area is 191 Å². The third-order valence-electron chi connectivity index (χ3n) is 6.41. The molecule has 1 amide bonds. The monoisotopic (exact) mass is 447 g/mol. The van der Waals surface area contributed by atoms with Gasteiger partial charge < -0.3 is 15.8 Å². The molecule has 1 fully saturated rings. The summed E-state index contributed by atoms with van der Waals surface area (Å²) in [5, 5.41) is 16.6. The van der Waals surface area contributed by atoms with Crippen molar-refractivity contribution in [3.8, 4) is 11.3 Å². The van der Waals surface area contributed by atoms with E-state index in [9.17, 15) is 4.79 Å². The van der Waals surface area contributed by atoms with E-state index >= 15 is 0 Å². The van der Waals surface area contributed by atoms with Crippen molar-refractivity contribution < 1.29 is 9.53 Å². The molecule has 0 spiro atoms. The number of aromatic amines is 1. The first-order chi connectivity index (χ1) is 15.9. The number of amides is 1. The highest BCUT2D eigenvalue weighted by molar-refractivity contribution is 6.08. The number of hydrogen-bond acceptors (Lipinski definition) is 6. The summed E-state index contributed by atoms with van der Waals surface area (Å²) in [6, 6.07) is 7.90. The van der Waals surface area contributed by atoms with Crippen LogP contribution in [0.3, 0.4) is 0 Å². The van der Waals surface area contributed by atoms with Crippen molar-refractivity contribution in [2.75, 3.05) is 25.5 Å². The van der Waals surface area contributed by atoms with Crippen molar-refractivity contribution in [1.29, 1.82) is 0 Å². The highest BCUT2D eigenvalue weighted by Crippen LogP contribution is 2.30. The summed E-state index contributed by atoms with van der Waals surface area (Å²) in [5.74, 6) is 0.927. The average molecular weight is 448 g/mol. The van der Waals surface area contributed by atoms with Crippen molar-refractivity contribution >= 4 is 33.5 Å². The summed E-state index contributed by atoms with van der Waals surface area (Å²) < 4.78 is 7.21. The zero-order valence-electron chi connectivity index (χ0n) is 19.0. The maximum Gasteiger partial charge on any atom is 0.227 e. The number of H-pyrrole nitrogens is 1. The van der Waals surface area contributed by atoms with E-state index in [0.29, 0.717) is 24.8 Å². The summed E-state index contributed by atoms with van der Waals surface area (Å²) in [7, 11) is 0. The van der Waals surface area contributed by atoms with Gasteiger partial charge in [0, 0.05) is 43.1 Å². The number of pyridine rings is 1. The van der Waals surface area contributed by atoms with E-state index in [1.54, 1.807) is 10.9 Å². The minimum Gasteiger partial charge on any atom is -0.383 e. The van der Waals surface area contributed by atoms with Crippen molar-refractivity contribution in [3.63, 3.8) is 0 Å². The van der Waals surface area contributed by atoms with Crippen LogP contribution < -0.4 is 11.1 Å². The highest BCUT2D eigenvalue weighted by atomic mass is 16.5. The van der Waals surface area contributed by atoms with Gasteiger partial charge in [-0.2, -0.15) is 10.2 Å². The lowest BCUT2D eigenvalue weighted by molar-refractivity contribution is -0.130. The Morgan fingerprint density at radius 1 is 1.27 bits per heavy atom. The average Bonchev–Trinajstić information content (AvgIpc) is 3.48. The molecule has 33 heavy (non-hydrogen) atoms. The number of ether oxygens (including phenoxy) is 1. The van der Waals surface area contributed by atoms with Gasteiger partial charge in [-0.25, -0.2) is 4.98 Å². The largest absolute Gasteiger partial charge is 0.383 e. The highest BCUT2D eigenvalue weighted by Gasteiger charge is 2.29. The molecule has 4 aromatic rings. The fraction of sp³-hybridized carbons (Fsp3) is 0.417. The van der Waals surface area contributed by atoms with E-state index in [4.69, 9.17) is 15.6 Å². The van der Waals surface area contributed by atoms with Gasteiger partial charge in [-0.05, 0) is 50.8 Å². The molecular weight excluding hydrogens is 418 g/mol. The van der Waals surface area contributed by atoms with Gasteiger partial charge in [0.1, 0.15) is 11.3 Å². The lowest BCUT2D eigenvalue weighted by Crippen LogP contribution is -2.42. The van der Waals surface area contributed by atoms with Crippen LogP contribution in [0.5, 0.6) is 0 Å². The fourth-order valence-electron chi connectivity index (χ4n) is 4.39. The molecular formula is C24H29N7O2. The van der Waals surface area contributed by atoms with Gasteiger partial charge in [0.25, 0.3) is 0 Å². The molecule has 0 radical (unpaired) electrons. The number of aromatic nitrogens is 5. The molecule has 4 heterocycles. The molecule has 0 bridgehead atoms. The van der Waals surface area contributed by atoms with Crippen LogP contribution in [0.15, 0.2) is 36.7 Å². The van der Waals surface area contributed by atoms with E-state index < -0.39 is 5.41 Å². The number of nitrogens with one attached hydrogen (secondary N) is 2. The number of carbonyl (C=O) groups is 1. The van der Waals surface area contributed by atoms with Crippen molar-refractivity contribution in [2.24, 2.45) is 11.3 Å². The van der Waals surface area contributed by atoms with Crippen molar-refractivity contribution in [1.82, 2.24) is 30.3 Å². The van der Waals surface area contributed by atoms with Gasteiger partial charge in [-0.15, -0.1) is 0 Å². The van der Waals surface area contributed by atoms with Crippen LogP contribution >= 0.6 is 0 Å². The third kappa shape index (κ3) is 4.28. The maximum absolute atomic E-state index is 12.9. The number of nitrogens with zero attached hydrogens (tertiary/aromatic N) is 4. The summed E-state index contributed by atoms with van der Waals surface area (Å²) in [6.07, 6.45) is 5.58. The number of anilines is 1. The molecule has 1 saturated heterocycles. The minimum atomic E-state index is -0.626. The standard InChI is InChI=1S/C24H29N7O2/c1-24(2,23(32)26-12-15-6-9-33-10-7-15)14-31-13-18-21(30-31)17-4-3-16(19-5-8-27-29-19)11-20(17)28-22(18)25/h3-5,8,11,13,15H,6-7,9-10,12,14H2,1-2H3,(H2,25,28)(H,26,32)(H,27,29). The Kier molecular flexibility index (Phi) is 5.49. The topological polar surface area (TPSA) is 124 Å². The van der Waals surface area contributed by atoms with Crippen LogP contribution in [0.1, 0.15) is 26.7 Å². The Bertz CT molecular complexity index is 1290. The molecule has 9 heteroatoms. The van der Waals surface area contributed by atoms with E-state index in [-0.39, 0.29) is 5.91 Å². The first-order valence-electron chi connectivity index (χ1n) is 11.3. The Morgan fingerprint density at radius 3 is 2.85 bits per heavy atom. The molecule has 9 nitrogen and oxygen atoms in total. The van der Waals surface area contributed by atoms with Crippen molar-refractivity contribution in [2.45, 2.75) is 33.2 Å². The van der Waals surface area contributed by atoms with Gasteiger partial charge in [-0.3, -0.25) is 14.6 Å². The van der Waals surface area contributed by atoms with E-state index in [1.165, 1.54) is 0 Å². The molecule has 5 rings (SSSR count). The smallest absolute Gasteiger partial charge is 0.227 e. The molecule has 0 unspecified atom stereocenters. The van der Waals surface area contributed by atoms with Crippen LogP contribution in [0.25, 0.3) is 33.1 Å². The number of rotatable bonds is 6. The number of hydrogen-bond donors (Lipinski definition) is 3.